The van der Waals surface area contributed by atoms with Crippen molar-refractivity contribution >= 4 is 11.9 Å². The van der Waals surface area contributed by atoms with Crippen molar-refractivity contribution in [3.63, 3.8) is 0 Å². The lowest BCUT2D eigenvalue weighted by atomic mass is 9.90. The molecule has 1 saturated heterocycles. The number of methoxy groups -OCH3 is 1. The van der Waals surface area contributed by atoms with Gasteiger partial charge in [-0.15, -0.1) is 0 Å². The SMILES string of the molecule is COCc1cnc(N2CCC(C3C[C@H]3CCOc3cc(F)c(CC(=O)O)c(F)c3)CC2)nc1. The van der Waals surface area contributed by atoms with Crippen molar-refractivity contribution in [2.24, 2.45) is 17.8 Å². The van der Waals surface area contributed by atoms with Crippen LogP contribution >= 0.6 is 0 Å². The summed E-state index contributed by atoms with van der Waals surface area (Å²) in [7, 11) is 1.65. The monoisotopic (exact) mass is 461 g/mol. The van der Waals surface area contributed by atoms with Crippen LogP contribution in [0.5, 0.6) is 5.75 Å². The number of rotatable bonds is 10. The van der Waals surface area contributed by atoms with Gasteiger partial charge >= 0.3 is 5.97 Å². The van der Waals surface area contributed by atoms with E-state index in [0.717, 1.165) is 62.4 Å². The summed E-state index contributed by atoms with van der Waals surface area (Å²) in [5.74, 6) is -0.270. The molecular weight excluding hydrogens is 432 g/mol. The number of carboxylic acids is 1. The maximum absolute atomic E-state index is 14.0. The highest BCUT2D eigenvalue weighted by molar-refractivity contribution is 5.70. The van der Waals surface area contributed by atoms with Crippen LogP contribution < -0.4 is 9.64 Å². The molecule has 1 N–H and O–H groups in total. The van der Waals surface area contributed by atoms with Gasteiger partial charge in [-0.2, -0.15) is 0 Å². The average molecular weight is 462 g/mol. The fraction of sp³-hybridized carbons (Fsp3) is 0.542. The van der Waals surface area contributed by atoms with Crippen molar-refractivity contribution in [3.8, 4) is 5.75 Å². The molecule has 0 amide bonds. The van der Waals surface area contributed by atoms with Gasteiger partial charge in [0.05, 0.1) is 19.6 Å². The van der Waals surface area contributed by atoms with E-state index < -0.39 is 29.6 Å². The van der Waals surface area contributed by atoms with Crippen LogP contribution in [0.4, 0.5) is 14.7 Å². The minimum absolute atomic E-state index is 0.0983. The van der Waals surface area contributed by atoms with Crippen molar-refractivity contribution in [2.45, 2.75) is 38.7 Å². The van der Waals surface area contributed by atoms with Crippen molar-refractivity contribution in [1.29, 1.82) is 0 Å². The number of anilines is 1. The van der Waals surface area contributed by atoms with E-state index in [1.807, 2.05) is 12.4 Å². The standard InChI is InChI=1S/C24H29F2N3O4/c1-32-14-15-12-27-24(28-13-15)29-5-2-16(3-6-29)19-8-17(19)4-7-33-18-9-21(25)20(11-23(30)31)22(26)10-18/h9-10,12-13,16-17,19H,2-8,11,14H2,1H3,(H,30,31)/t17-,19?/m1/s1. The van der Waals surface area contributed by atoms with E-state index in [0.29, 0.717) is 31.0 Å². The van der Waals surface area contributed by atoms with Gasteiger partial charge in [-0.1, -0.05) is 0 Å². The number of hydrogen-bond acceptors (Lipinski definition) is 6. The first-order valence-electron chi connectivity index (χ1n) is 11.3. The zero-order chi connectivity index (χ0) is 23.4. The molecule has 2 aromatic rings. The Kier molecular flexibility index (Phi) is 7.37. The fourth-order valence-corrected chi connectivity index (χ4v) is 4.77. The van der Waals surface area contributed by atoms with Crippen LogP contribution in [0.3, 0.4) is 0 Å². The number of benzene rings is 1. The maximum Gasteiger partial charge on any atom is 0.308 e. The highest BCUT2D eigenvalue weighted by Crippen LogP contribution is 2.49. The number of aliphatic carboxylic acids is 1. The summed E-state index contributed by atoms with van der Waals surface area (Å²) in [5.41, 5.74) is 0.514. The maximum atomic E-state index is 14.0. The molecule has 1 saturated carbocycles. The Morgan fingerprint density at radius 2 is 1.85 bits per heavy atom. The fourth-order valence-electron chi connectivity index (χ4n) is 4.77. The Morgan fingerprint density at radius 1 is 1.18 bits per heavy atom. The van der Waals surface area contributed by atoms with Crippen LogP contribution in [-0.4, -0.2) is 47.8 Å². The molecule has 9 heteroatoms. The van der Waals surface area contributed by atoms with Gasteiger partial charge in [0.25, 0.3) is 0 Å². The minimum atomic E-state index is -1.28. The van der Waals surface area contributed by atoms with Gasteiger partial charge in [-0.3, -0.25) is 4.79 Å². The third-order valence-corrected chi connectivity index (χ3v) is 6.61. The molecule has 1 aliphatic heterocycles. The number of piperidine rings is 1. The number of ether oxygens (including phenoxy) is 2. The zero-order valence-electron chi connectivity index (χ0n) is 18.7. The molecule has 2 heterocycles. The highest BCUT2D eigenvalue weighted by atomic mass is 19.1. The van der Waals surface area contributed by atoms with Crippen LogP contribution in [0.2, 0.25) is 0 Å². The van der Waals surface area contributed by atoms with Crippen LogP contribution in [0.15, 0.2) is 24.5 Å². The van der Waals surface area contributed by atoms with Gasteiger partial charge in [0.1, 0.15) is 17.4 Å². The summed E-state index contributed by atoms with van der Waals surface area (Å²) in [5, 5.41) is 8.75. The molecule has 178 valence electrons. The molecule has 1 aromatic carbocycles. The van der Waals surface area contributed by atoms with E-state index in [9.17, 15) is 13.6 Å². The number of hydrogen-bond donors (Lipinski definition) is 1. The third kappa shape index (κ3) is 5.96. The molecule has 33 heavy (non-hydrogen) atoms. The second-order valence-corrected chi connectivity index (χ2v) is 8.88. The number of halogens is 2. The number of nitrogens with zero attached hydrogens (tertiary/aromatic N) is 3. The summed E-state index contributed by atoms with van der Waals surface area (Å²) in [4.78, 5) is 21.9. The zero-order valence-corrected chi connectivity index (χ0v) is 18.7. The Bertz CT molecular complexity index is 942. The highest BCUT2D eigenvalue weighted by Gasteiger charge is 2.43. The van der Waals surface area contributed by atoms with E-state index in [-0.39, 0.29) is 5.75 Å². The molecule has 7 nitrogen and oxygen atoms in total. The summed E-state index contributed by atoms with van der Waals surface area (Å²) in [6.45, 7) is 2.78. The molecular formula is C24H29F2N3O4. The molecule has 0 radical (unpaired) electrons. The Morgan fingerprint density at radius 3 is 2.45 bits per heavy atom. The lowest BCUT2D eigenvalue weighted by Crippen LogP contribution is -2.35. The quantitative estimate of drug-likeness (QED) is 0.575. The second-order valence-electron chi connectivity index (χ2n) is 8.88. The summed E-state index contributed by atoms with van der Waals surface area (Å²) in [6.07, 6.45) is 7.15. The molecule has 2 aliphatic rings. The van der Waals surface area contributed by atoms with Crippen LogP contribution in [0.25, 0.3) is 0 Å². The molecule has 1 unspecified atom stereocenters. The molecule has 2 fully saturated rings. The third-order valence-electron chi connectivity index (χ3n) is 6.61. The summed E-state index contributed by atoms with van der Waals surface area (Å²) in [6, 6.07) is 2.12. The van der Waals surface area contributed by atoms with Gasteiger partial charge < -0.3 is 19.5 Å². The van der Waals surface area contributed by atoms with Crippen molar-refractivity contribution in [3.05, 3.63) is 47.3 Å². The first-order chi connectivity index (χ1) is 15.9. The summed E-state index contributed by atoms with van der Waals surface area (Å²) < 4.78 is 38.6. The average Bonchev–Trinajstić information content (AvgIpc) is 3.57. The number of carbonyl (C=O) groups is 1. The predicted molar refractivity (Wildman–Crippen MR) is 117 cm³/mol. The van der Waals surface area contributed by atoms with Gasteiger partial charge in [0.2, 0.25) is 5.95 Å². The molecule has 4 rings (SSSR count). The van der Waals surface area contributed by atoms with Crippen molar-refractivity contribution < 1.29 is 28.2 Å². The molecule has 1 aliphatic carbocycles. The first kappa shape index (κ1) is 23.4. The molecule has 0 bridgehead atoms. The smallest absolute Gasteiger partial charge is 0.308 e. The van der Waals surface area contributed by atoms with Crippen LogP contribution in [0.1, 0.15) is 36.8 Å². The molecule has 1 aromatic heterocycles. The van der Waals surface area contributed by atoms with E-state index in [1.165, 1.54) is 0 Å². The number of aromatic nitrogens is 2. The number of carboxylic acid groups (broad SMARTS) is 1. The molecule has 0 spiro atoms. The normalized spacial score (nSPS) is 20.6. The van der Waals surface area contributed by atoms with Crippen LogP contribution in [0, 0.1) is 29.4 Å². The van der Waals surface area contributed by atoms with Crippen LogP contribution in [-0.2, 0) is 22.6 Å². The second kappa shape index (κ2) is 10.4. The van der Waals surface area contributed by atoms with Gasteiger partial charge in [0.15, 0.2) is 0 Å². The van der Waals surface area contributed by atoms with E-state index in [2.05, 4.69) is 14.9 Å². The van der Waals surface area contributed by atoms with Crippen molar-refractivity contribution in [1.82, 2.24) is 9.97 Å². The van der Waals surface area contributed by atoms with E-state index >= 15 is 0 Å². The topological polar surface area (TPSA) is 84.8 Å². The summed E-state index contributed by atoms with van der Waals surface area (Å²) >= 11 is 0. The predicted octanol–water partition coefficient (Wildman–Crippen LogP) is 3.85. The Hall–Kier alpha value is -2.81. The minimum Gasteiger partial charge on any atom is -0.493 e. The Balaban J connectivity index is 1.19. The lowest BCUT2D eigenvalue weighted by molar-refractivity contribution is -0.136. The van der Waals surface area contributed by atoms with Gasteiger partial charge in [0, 0.05) is 55.9 Å². The largest absolute Gasteiger partial charge is 0.493 e. The van der Waals surface area contributed by atoms with Crippen molar-refractivity contribution in [2.75, 3.05) is 31.7 Å². The first-order valence-corrected chi connectivity index (χ1v) is 11.3. The van der Waals surface area contributed by atoms with Gasteiger partial charge in [-0.05, 0) is 43.4 Å². The Labute approximate surface area is 191 Å². The lowest BCUT2D eigenvalue weighted by Gasteiger charge is -2.32. The van der Waals surface area contributed by atoms with E-state index in [1.54, 1.807) is 7.11 Å². The van der Waals surface area contributed by atoms with Gasteiger partial charge in [-0.25, -0.2) is 18.7 Å². The van der Waals surface area contributed by atoms with E-state index in [4.69, 9.17) is 14.6 Å². The molecule has 2 atom stereocenters.